The molecule has 1 atom stereocenters. The Morgan fingerprint density at radius 1 is 1.31 bits per heavy atom. The molecule has 1 heterocycles. The zero-order chi connectivity index (χ0) is 12.1. The zero-order valence-corrected chi connectivity index (χ0v) is 10.9. The number of rotatable bonds is 5. The van der Waals surface area contributed by atoms with E-state index in [9.17, 15) is 0 Å². The Kier molecular flexibility index (Phi) is 4.73. The molecule has 0 saturated heterocycles. The predicted molar refractivity (Wildman–Crippen MR) is 67.2 cm³/mol. The normalized spacial score (nSPS) is 12.3. The summed E-state index contributed by atoms with van der Waals surface area (Å²) in [5, 5.41) is 3.42. The number of nitrogens with one attached hydrogen (secondary N) is 1. The lowest BCUT2D eigenvalue weighted by Crippen LogP contribution is -2.19. The molecule has 1 unspecified atom stereocenters. The van der Waals surface area contributed by atoms with E-state index in [1.165, 1.54) is 0 Å². The lowest BCUT2D eigenvalue weighted by molar-refractivity contribution is 0.682. The van der Waals surface area contributed by atoms with Crippen molar-refractivity contribution in [3.05, 3.63) is 5.28 Å². The van der Waals surface area contributed by atoms with E-state index in [2.05, 4.69) is 34.1 Å². The summed E-state index contributed by atoms with van der Waals surface area (Å²) in [5.41, 5.74) is 0. The molecule has 0 saturated carbocycles. The maximum atomic E-state index is 5.83. The molecule has 0 aliphatic heterocycles. The molecule has 0 fully saturated rings. The number of hydrogen-bond donors (Lipinski definition) is 1. The molecule has 1 aromatic rings. The highest BCUT2D eigenvalue weighted by Crippen LogP contribution is 2.13. The first kappa shape index (κ1) is 13.0. The van der Waals surface area contributed by atoms with Gasteiger partial charge < -0.3 is 10.2 Å². The van der Waals surface area contributed by atoms with Crippen LogP contribution < -0.4 is 10.2 Å². The molecule has 0 bridgehead atoms. The first-order chi connectivity index (χ1) is 7.52. The van der Waals surface area contributed by atoms with E-state index in [1.54, 1.807) is 4.90 Å². The molecule has 0 aromatic carbocycles. The van der Waals surface area contributed by atoms with Gasteiger partial charge >= 0.3 is 0 Å². The molecule has 0 aliphatic carbocycles. The van der Waals surface area contributed by atoms with E-state index in [1.807, 2.05) is 14.1 Å². The molecule has 0 aliphatic rings. The van der Waals surface area contributed by atoms with Crippen LogP contribution in [-0.2, 0) is 0 Å². The molecule has 0 spiro atoms. The topological polar surface area (TPSA) is 53.9 Å². The third-order valence-electron chi connectivity index (χ3n) is 2.09. The summed E-state index contributed by atoms with van der Waals surface area (Å²) in [6, 6.07) is 0.332. The van der Waals surface area contributed by atoms with Crippen molar-refractivity contribution in [3.63, 3.8) is 0 Å². The highest BCUT2D eigenvalue weighted by molar-refractivity contribution is 6.28. The number of aromatic nitrogens is 3. The van der Waals surface area contributed by atoms with Gasteiger partial charge in [-0.05, 0) is 24.9 Å². The van der Waals surface area contributed by atoms with Gasteiger partial charge in [0.25, 0.3) is 0 Å². The molecule has 90 valence electrons. The van der Waals surface area contributed by atoms with E-state index < -0.39 is 0 Å². The Hall–Kier alpha value is -1.10. The van der Waals surface area contributed by atoms with Crippen LogP contribution in [0.5, 0.6) is 0 Å². The van der Waals surface area contributed by atoms with Crippen LogP contribution in [-0.4, -0.2) is 35.1 Å². The highest BCUT2D eigenvalue weighted by atomic mass is 35.5. The van der Waals surface area contributed by atoms with Gasteiger partial charge in [-0.2, -0.15) is 15.0 Å². The van der Waals surface area contributed by atoms with Gasteiger partial charge in [-0.15, -0.1) is 0 Å². The third-order valence-corrected chi connectivity index (χ3v) is 2.26. The molecule has 16 heavy (non-hydrogen) atoms. The number of halogens is 1. The lowest BCUT2D eigenvalue weighted by Gasteiger charge is -2.15. The van der Waals surface area contributed by atoms with Crippen molar-refractivity contribution >= 4 is 23.5 Å². The minimum absolute atomic E-state index is 0.213. The average molecular weight is 244 g/mol. The number of anilines is 2. The minimum Gasteiger partial charge on any atom is -0.352 e. The van der Waals surface area contributed by atoms with Crippen LogP contribution in [0.1, 0.15) is 26.7 Å². The van der Waals surface area contributed by atoms with Gasteiger partial charge in [0.05, 0.1) is 0 Å². The van der Waals surface area contributed by atoms with E-state index in [4.69, 9.17) is 11.6 Å². The fourth-order valence-electron chi connectivity index (χ4n) is 1.33. The van der Waals surface area contributed by atoms with E-state index >= 15 is 0 Å². The van der Waals surface area contributed by atoms with Crippen molar-refractivity contribution < 1.29 is 0 Å². The maximum absolute atomic E-state index is 5.83. The van der Waals surface area contributed by atoms with E-state index in [0.717, 1.165) is 12.8 Å². The zero-order valence-electron chi connectivity index (χ0n) is 10.2. The van der Waals surface area contributed by atoms with Gasteiger partial charge in [0.2, 0.25) is 17.2 Å². The second kappa shape index (κ2) is 5.84. The SMILES string of the molecule is CCCC(C)Nc1nc(Cl)nc(N(C)C)n1. The summed E-state index contributed by atoms with van der Waals surface area (Å²) >= 11 is 5.83. The van der Waals surface area contributed by atoms with Crippen LogP contribution >= 0.6 is 11.6 Å². The van der Waals surface area contributed by atoms with Gasteiger partial charge in [-0.3, -0.25) is 0 Å². The Labute approximate surface area is 101 Å². The van der Waals surface area contributed by atoms with Crippen LogP contribution in [0.25, 0.3) is 0 Å². The minimum atomic E-state index is 0.213. The van der Waals surface area contributed by atoms with Crippen molar-refractivity contribution in [2.24, 2.45) is 0 Å². The highest BCUT2D eigenvalue weighted by Gasteiger charge is 2.08. The average Bonchev–Trinajstić information content (AvgIpc) is 2.16. The molecule has 5 nitrogen and oxygen atoms in total. The molecule has 0 radical (unpaired) electrons. The third kappa shape index (κ3) is 3.81. The molecular weight excluding hydrogens is 226 g/mol. The first-order valence-electron chi connectivity index (χ1n) is 5.38. The van der Waals surface area contributed by atoms with Gasteiger partial charge in [0, 0.05) is 20.1 Å². The van der Waals surface area contributed by atoms with Crippen LogP contribution in [0.2, 0.25) is 5.28 Å². The standard InChI is InChI=1S/C10H18ClN5/c1-5-6-7(2)12-9-13-8(11)14-10(15-9)16(3)4/h7H,5-6H2,1-4H3,(H,12,13,14,15). The van der Waals surface area contributed by atoms with E-state index in [-0.39, 0.29) is 5.28 Å². The Morgan fingerprint density at radius 3 is 2.56 bits per heavy atom. The van der Waals surface area contributed by atoms with Gasteiger partial charge in [-0.1, -0.05) is 13.3 Å². The molecule has 0 amide bonds. The van der Waals surface area contributed by atoms with Crippen molar-refractivity contribution in [1.29, 1.82) is 0 Å². The molecule has 1 N–H and O–H groups in total. The van der Waals surface area contributed by atoms with Crippen molar-refractivity contribution in [2.75, 3.05) is 24.3 Å². The largest absolute Gasteiger partial charge is 0.352 e. The molecular formula is C10H18ClN5. The van der Waals surface area contributed by atoms with Crippen molar-refractivity contribution in [3.8, 4) is 0 Å². The van der Waals surface area contributed by atoms with Gasteiger partial charge in [0.1, 0.15) is 0 Å². The maximum Gasteiger partial charge on any atom is 0.230 e. The Balaban J connectivity index is 2.80. The van der Waals surface area contributed by atoms with Crippen molar-refractivity contribution in [2.45, 2.75) is 32.7 Å². The molecule has 1 aromatic heterocycles. The summed E-state index contributed by atoms with van der Waals surface area (Å²) in [4.78, 5) is 14.1. The Bertz CT molecular complexity index is 342. The second-order valence-corrected chi connectivity index (χ2v) is 4.29. The molecule has 1 rings (SSSR count). The predicted octanol–water partition coefficient (Wildman–Crippen LogP) is 2.19. The smallest absolute Gasteiger partial charge is 0.230 e. The molecule has 6 heteroatoms. The number of hydrogen-bond acceptors (Lipinski definition) is 5. The van der Waals surface area contributed by atoms with Gasteiger partial charge in [-0.25, -0.2) is 0 Å². The lowest BCUT2D eigenvalue weighted by atomic mass is 10.2. The summed E-state index contributed by atoms with van der Waals surface area (Å²) in [6.45, 7) is 4.24. The summed E-state index contributed by atoms with van der Waals surface area (Å²) < 4.78 is 0. The van der Waals surface area contributed by atoms with Gasteiger partial charge in [0.15, 0.2) is 0 Å². The summed E-state index contributed by atoms with van der Waals surface area (Å²) in [5.74, 6) is 1.09. The summed E-state index contributed by atoms with van der Waals surface area (Å²) in [6.07, 6.45) is 2.19. The quantitative estimate of drug-likeness (QED) is 0.859. The number of nitrogens with zero attached hydrogens (tertiary/aromatic N) is 4. The Morgan fingerprint density at radius 2 is 2.00 bits per heavy atom. The van der Waals surface area contributed by atoms with Crippen LogP contribution in [0.4, 0.5) is 11.9 Å². The van der Waals surface area contributed by atoms with E-state index in [0.29, 0.717) is 17.9 Å². The fourth-order valence-corrected chi connectivity index (χ4v) is 1.49. The van der Waals surface area contributed by atoms with Crippen LogP contribution in [0, 0.1) is 0 Å². The summed E-state index contributed by atoms with van der Waals surface area (Å²) in [7, 11) is 3.73. The van der Waals surface area contributed by atoms with Crippen LogP contribution in [0.15, 0.2) is 0 Å². The van der Waals surface area contributed by atoms with Crippen LogP contribution in [0.3, 0.4) is 0 Å². The van der Waals surface area contributed by atoms with Crippen molar-refractivity contribution in [1.82, 2.24) is 15.0 Å². The fraction of sp³-hybridized carbons (Fsp3) is 0.700. The second-order valence-electron chi connectivity index (χ2n) is 3.96. The monoisotopic (exact) mass is 243 g/mol. The first-order valence-corrected chi connectivity index (χ1v) is 5.76.